The van der Waals surface area contributed by atoms with Crippen molar-refractivity contribution in [3.05, 3.63) is 24.2 Å². The summed E-state index contributed by atoms with van der Waals surface area (Å²) in [4.78, 5) is 14.1. The number of carbonyl (C=O) groups is 1. The van der Waals surface area contributed by atoms with Crippen LogP contribution >= 0.6 is 0 Å². The Morgan fingerprint density at radius 3 is 3.00 bits per heavy atom. The van der Waals surface area contributed by atoms with E-state index in [4.69, 9.17) is 4.42 Å². The third-order valence-corrected chi connectivity index (χ3v) is 3.47. The van der Waals surface area contributed by atoms with Gasteiger partial charge in [0, 0.05) is 12.6 Å². The lowest BCUT2D eigenvalue weighted by molar-refractivity contribution is -0.136. The Balaban J connectivity index is 1.61. The summed E-state index contributed by atoms with van der Waals surface area (Å²) in [5, 5.41) is 3.43. The van der Waals surface area contributed by atoms with Crippen molar-refractivity contribution in [2.45, 2.75) is 44.3 Å². The van der Waals surface area contributed by atoms with Crippen LogP contribution in [0.25, 0.3) is 0 Å². The molecule has 17 heavy (non-hydrogen) atoms. The number of piperidine rings is 1. The minimum Gasteiger partial charge on any atom is -0.467 e. The standard InChI is InChI=1S/C13H18N2O2/c16-13-12(14-10-5-6-10)4-1-7-15(13)9-11-3-2-8-17-11/h2-3,8,10,12,14H,1,4-7,9H2. The van der Waals surface area contributed by atoms with Crippen LogP contribution in [0.2, 0.25) is 0 Å². The highest BCUT2D eigenvalue weighted by Crippen LogP contribution is 2.23. The Labute approximate surface area is 101 Å². The van der Waals surface area contributed by atoms with E-state index in [0.29, 0.717) is 12.6 Å². The summed E-state index contributed by atoms with van der Waals surface area (Å²) in [5.74, 6) is 1.10. The zero-order valence-electron chi connectivity index (χ0n) is 9.89. The van der Waals surface area contributed by atoms with E-state index < -0.39 is 0 Å². The molecule has 0 bridgehead atoms. The molecule has 1 saturated carbocycles. The van der Waals surface area contributed by atoms with E-state index in [1.54, 1.807) is 6.26 Å². The first kappa shape index (κ1) is 10.8. The number of amides is 1. The Bertz CT molecular complexity index is 384. The molecule has 1 atom stereocenters. The molecule has 1 aliphatic heterocycles. The smallest absolute Gasteiger partial charge is 0.240 e. The van der Waals surface area contributed by atoms with Crippen molar-refractivity contribution in [1.82, 2.24) is 10.2 Å². The first-order valence-electron chi connectivity index (χ1n) is 6.40. The number of rotatable bonds is 4. The van der Waals surface area contributed by atoms with Gasteiger partial charge in [-0.15, -0.1) is 0 Å². The first-order valence-corrected chi connectivity index (χ1v) is 6.40. The summed E-state index contributed by atoms with van der Waals surface area (Å²) in [6, 6.07) is 4.41. The van der Waals surface area contributed by atoms with E-state index in [2.05, 4.69) is 5.32 Å². The van der Waals surface area contributed by atoms with Gasteiger partial charge >= 0.3 is 0 Å². The van der Waals surface area contributed by atoms with Gasteiger partial charge in [-0.1, -0.05) is 0 Å². The summed E-state index contributed by atoms with van der Waals surface area (Å²) < 4.78 is 5.30. The molecule has 4 heteroatoms. The lowest BCUT2D eigenvalue weighted by Crippen LogP contribution is -2.50. The van der Waals surface area contributed by atoms with Crippen molar-refractivity contribution in [2.24, 2.45) is 0 Å². The van der Waals surface area contributed by atoms with E-state index in [1.165, 1.54) is 12.8 Å². The van der Waals surface area contributed by atoms with E-state index >= 15 is 0 Å². The van der Waals surface area contributed by atoms with E-state index in [9.17, 15) is 4.79 Å². The molecule has 1 amide bonds. The molecule has 0 radical (unpaired) electrons. The average Bonchev–Trinajstić information content (AvgIpc) is 2.99. The minimum atomic E-state index is 0.0335. The second kappa shape index (κ2) is 4.53. The second-order valence-corrected chi connectivity index (χ2v) is 4.97. The third-order valence-electron chi connectivity index (χ3n) is 3.47. The van der Waals surface area contributed by atoms with Crippen LogP contribution in [0.3, 0.4) is 0 Å². The van der Waals surface area contributed by atoms with Crippen molar-refractivity contribution in [2.75, 3.05) is 6.54 Å². The monoisotopic (exact) mass is 234 g/mol. The maximum absolute atomic E-state index is 12.2. The molecule has 0 spiro atoms. The average molecular weight is 234 g/mol. The predicted molar refractivity (Wildman–Crippen MR) is 63.3 cm³/mol. The molecule has 1 unspecified atom stereocenters. The highest BCUT2D eigenvalue weighted by molar-refractivity contribution is 5.82. The van der Waals surface area contributed by atoms with Gasteiger partial charge in [-0.2, -0.15) is 0 Å². The Kier molecular flexibility index (Phi) is 2.89. The van der Waals surface area contributed by atoms with Gasteiger partial charge in [0.2, 0.25) is 5.91 Å². The number of carbonyl (C=O) groups excluding carboxylic acids is 1. The fourth-order valence-electron chi connectivity index (χ4n) is 2.38. The van der Waals surface area contributed by atoms with Gasteiger partial charge in [0.05, 0.1) is 18.8 Å². The number of hydrogen-bond acceptors (Lipinski definition) is 3. The van der Waals surface area contributed by atoms with E-state index in [1.807, 2.05) is 17.0 Å². The van der Waals surface area contributed by atoms with Crippen LogP contribution in [-0.2, 0) is 11.3 Å². The molecule has 2 fully saturated rings. The Morgan fingerprint density at radius 1 is 1.41 bits per heavy atom. The summed E-state index contributed by atoms with van der Waals surface area (Å²) in [5.41, 5.74) is 0. The fraction of sp³-hybridized carbons (Fsp3) is 0.615. The molecule has 2 aliphatic rings. The van der Waals surface area contributed by atoms with Gasteiger partial charge < -0.3 is 14.6 Å². The lowest BCUT2D eigenvalue weighted by Gasteiger charge is -2.32. The largest absolute Gasteiger partial charge is 0.467 e. The van der Waals surface area contributed by atoms with Crippen molar-refractivity contribution in [3.8, 4) is 0 Å². The molecule has 92 valence electrons. The van der Waals surface area contributed by atoms with Gasteiger partial charge in [-0.05, 0) is 37.8 Å². The van der Waals surface area contributed by atoms with E-state index in [0.717, 1.165) is 25.1 Å². The fourth-order valence-corrected chi connectivity index (χ4v) is 2.38. The summed E-state index contributed by atoms with van der Waals surface area (Å²) in [6.07, 6.45) is 6.16. The minimum absolute atomic E-state index is 0.0335. The lowest BCUT2D eigenvalue weighted by atomic mass is 10.0. The summed E-state index contributed by atoms with van der Waals surface area (Å²) in [6.45, 7) is 1.46. The number of likely N-dealkylation sites (tertiary alicyclic amines) is 1. The van der Waals surface area contributed by atoms with Crippen LogP contribution in [0.5, 0.6) is 0 Å². The normalized spacial score (nSPS) is 25.3. The highest BCUT2D eigenvalue weighted by Gasteiger charge is 2.33. The number of furan rings is 1. The quantitative estimate of drug-likeness (QED) is 0.859. The summed E-state index contributed by atoms with van der Waals surface area (Å²) in [7, 11) is 0. The molecule has 1 saturated heterocycles. The van der Waals surface area contributed by atoms with E-state index in [-0.39, 0.29) is 11.9 Å². The zero-order chi connectivity index (χ0) is 11.7. The van der Waals surface area contributed by atoms with Crippen molar-refractivity contribution in [1.29, 1.82) is 0 Å². The van der Waals surface area contributed by atoms with Gasteiger partial charge in [-0.3, -0.25) is 4.79 Å². The molecule has 4 nitrogen and oxygen atoms in total. The van der Waals surface area contributed by atoms with Crippen LogP contribution in [0.4, 0.5) is 0 Å². The molecule has 1 aromatic heterocycles. The van der Waals surface area contributed by atoms with Crippen LogP contribution < -0.4 is 5.32 Å². The SMILES string of the molecule is O=C1C(NC2CC2)CCCN1Cc1ccco1. The topological polar surface area (TPSA) is 45.5 Å². The van der Waals surface area contributed by atoms with Crippen LogP contribution in [0.15, 0.2) is 22.8 Å². The van der Waals surface area contributed by atoms with Gasteiger partial charge in [0.1, 0.15) is 5.76 Å². The van der Waals surface area contributed by atoms with Crippen LogP contribution in [0, 0.1) is 0 Å². The maximum atomic E-state index is 12.2. The van der Waals surface area contributed by atoms with Gasteiger partial charge in [0.25, 0.3) is 0 Å². The number of nitrogens with zero attached hydrogens (tertiary/aromatic N) is 1. The Hall–Kier alpha value is -1.29. The van der Waals surface area contributed by atoms with Gasteiger partial charge in [-0.25, -0.2) is 0 Å². The maximum Gasteiger partial charge on any atom is 0.240 e. The molecular weight excluding hydrogens is 216 g/mol. The van der Waals surface area contributed by atoms with Crippen molar-refractivity contribution < 1.29 is 9.21 Å². The molecule has 0 aromatic carbocycles. The summed E-state index contributed by atoms with van der Waals surface area (Å²) >= 11 is 0. The van der Waals surface area contributed by atoms with Crippen LogP contribution in [0.1, 0.15) is 31.4 Å². The second-order valence-electron chi connectivity index (χ2n) is 4.97. The molecule has 1 aliphatic carbocycles. The van der Waals surface area contributed by atoms with Crippen molar-refractivity contribution in [3.63, 3.8) is 0 Å². The highest BCUT2D eigenvalue weighted by atomic mass is 16.3. The van der Waals surface area contributed by atoms with Crippen LogP contribution in [-0.4, -0.2) is 29.4 Å². The molecular formula is C13H18N2O2. The zero-order valence-corrected chi connectivity index (χ0v) is 9.89. The number of hydrogen-bond donors (Lipinski definition) is 1. The molecule has 1 aromatic rings. The first-order chi connectivity index (χ1) is 8.33. The van der Waals surface area contributed by atoms with Crippen molar-refractivity contribution >= 4 is 5.91 Å². The molecule has 2 heterocycles. The third kappa shape index (κ3) is 2.52. The Morgan fingerprint density at radius 2 is 2.29 bits per heavy atom. The number of nitrogens with one attached hydrogen (secondary N) is 1. The molecule has 3 rings (SSSR count). The van der Waals surface area contributed by atoms with Gasteiger partial charge in [0.15, 0.2) is 0 Å². The molecule has 1 N–H and O–H groups in total. The predicted octanol–water partition coefficient (Wildman–Crippen LogP) is 1.52.